The second-order valence-electron chi connectivity index (χ2n) is 7.94. The van der Waals surface area contributed by atoms with Gasteiger partial charge in [0.1, 0.15) is 5.75 Å². The number of hydrogen-bond acceptors (Lipinski definition) is 4. The van der Waals surface area contributed by atoms with Gasteiger partial charge in [0.2, 0.25) is 0 Å². The van der Waals surface area contributed by atoms with E-state index in [2.05, 4.69) is 5.32 Å². The number of nitrogens with one attached hydrogen (secondary N) is 1. The maximum absolute atomic E-state index is 13.2. The van der Waals surface area contributed by atoms with Crippen LogP contribution >= 0.6 is 11.6 Å². The van der Waals surface area contributed by atoms with Crippen molar-refractivity contribution in [1.29, 1.82) is 0 Å². The van der Waals surface area contributed by atoms with Gasteiger partial charge in [-0.25, -0.2) is 0 Å². The van der Waals surface area contributed by atoms with E-state index >= 15 is 0 Å². The van der Waals surface area contributed by atoms with Crippen LogP contribution in [0.3, 0.4) is 0 Å². The van der Waals surface area contributed by atoms with E-state index in [0.29, 0.717) is 46.7 Å². The second-order valence-corrected chi connectivity index (χ2v) is 8.34. The number of phenolic OH excluding ortho intramolecular Hbond substituents is 1. The number of aromatic hydroxyl groups is 1. The molecule has 0 bridgehead atoms. The molecule has 5 nitrogen and oxygen atoms in total. The minimum absolute atomic E-state index is 0.0799. The van der Waals surface area contributed by atoms with Gasteiger partial charge in [-0.1, -0.05) is 41.9 Å². The second kappa shape index (κ2) is 9.96. The number of allylic oxidation sites excluding steroid dienone is 4. The Balaban J connectivity index is 1.82. The lowest BCUT2D eigenvalue weighted by Crippen LogP contribution is -2.27. The Hall–Kier alpha value is -3.18. The molecule has 6 heteroatoms. The first-order valence-corrected chi connectivity index (χ1v) is 10.9. The van der Waals surface area contributed by atoms with Crippen molar-refractivity contribution in [1.82, 2.24) is 5.32 Å². The molecule has 32 heavy (non-hydrogen) atoms. The van der Waals surface area contributed by atoms with Gasteiger partial charge in [0.25, 0.3) is 5.91 Å². The van der Waals surface area contributed by atoms with E-state index in [1.807, 2.05) is 18.2 Å². The lowest BCUT2D eigenvalue weighted by Gasteiger charge is -2.27. The summed E-state index contributed by atoms with van der Waals surface area (Å²) in [6.45, 7) is 5.39. The number of ketones is 2. The third-order valence-corrected chi connectivity index (χ3v) is 6.31. The van der Waals surface area contributed by atoms with E-state index in [4.69, 9.17) is 11.6 Å². The fourth-order valence-electron chi connectivity index (χ4n) is 4.02. The Bertz CT molecular complexity index is 1150. The third-order valence-electron chi connectivity index (χ3n) is 5.97. The smallest absolute Gasteiger partial charge is 0.255 e. The molecule has 2 N–H and O–H groups in total. The molecule has 1 unspecified atom stereocenters. The van der Waals surface area contributed by atoms with Crippen LogP contribution in [0.5, 0.6) is 5.75 Å². The standard InChI is InChI=1S/C26H26ClNO4/c1-15-16(2)25(31)23(17(3)24(15)30)19(18-9-4-6-12-21(18)27)11-8-14-28-26(32)20-10-5-7-13-22(20)29/h4-7,9-10,12-13,19,29H,8,11,14H2,1-3H3,(H,28,32). The van der Waals surface area contributed by atoms with E-state index in [9.17, 15) is 19.5 Å². The minimum Gasteiger partial charge on any atom is -0.507 e. The zero-order chi connectivity index (χ0) is 23.4. The Morgan fingerprint density at radius 1 is 0.938 bits per heavy atom. The molecule has 3 rings (SSSR count). The highest BCUT2D eigenvalue weighted by Crippen LogP contribution is 2.39. The lowest BCUT2D eigenvalue weighted by atomic mass is 9.76. The fourth-order valence-corrected chi connectivity index (χ4v) is 4.29. The van der Waals surface area contributed by atoms with Crippen LogP contribution in [0.15, 0.2) is 70.8 Å². The molecule has 1 amide bonds. The van der Waals surface area contributed by atoms with Crippen molar-refractivity contribution in [2.24, 2.45) is 0 Å². The summed E-state index contributed by atoms with van der Waals surface area (Å²) in [4.78, 5) is 38.3. The summed E-state index contributed by atoms with van der Waals surface area (Å²) in [5, 5.41) is 13.2. The summed E-state index contributed by atoms with van der Waals surface area (Å²) in [7, 11) is 0. The Morgan fingerprint density at radius 2 is 1.56 bits per heavy atom. The van der Waals surface area contributed by atoms with Crippen LogP contribution in [-0.2, 0) is 9.59 Å². The molecular formula is C26H26ClNO4. The average molecular weight is 452 g/mol. The van der Waals surface area contributed by atoms with Crippen LogP contribution in [0.2, 0.25) is 5.02 Å². The maximum atomic E-state index is 13.2. The molecule has 1 aliphatic rings. The van der Waals surface area contributed by atoms with Gasteiger partial charge in [-0.2, -0.15) is 0 Å². The number of halogens is 1. The topological polar surface area (TPSA) is 83.5 Å². The molecule has 2 aromatic rings. The number of hydrogen-bond donors (Lipinski definition) is 2. The predicted molar refractivity (Wildman–Crippen MR) is 125 cm³/mol. The Morgan fingerprint density at radius 3 is 2.25 bits per heavy atom. The minimum atomic E-state index is -0.370. The molecule has 166 valence electrons. The van der Waals surface area contributed by atoms with Crippen molar-refractivity contribution in [3.05, 3.63) is 87.0 Å². The van der Waals surface area contributed by atoms with E-state index in [1.165, 1.54) is 6.07 Å². The first-order chi connectivity index (χ1) is 15.2. The molecule has 0 aliphatic heterocycles. The predicted octanol–water partition coefficient (Wildman–Crippen LogP) is 5.14. The van der Waals surface area contributed by atoms with Crippen molar-refractivity contribution in [2.45, 2.75) is 39.5 Å². The Labute approximate surface area is 192 Å². The van der Waals surface area contributed by atoms with Crippen molar-refractivity contribution < 1.29 is 19.5 Å². The highest BCUT2D eigenvalue weighted by Gasteiger charge is 2.33. The Kier molecular flexibility index (Phi) is 7.31. The summed E-state index contributed by atoms with van der Waals surface area (Å²) in [5.41, 5.74) is 2.84. The number of carbonyl (C=O) groups excluding carboxylic acids is 3. The summed E-state index contributed by atoms with van der Waals surface area (Å²) in [5.74, 6) is -1.08. The summed E-state index contributed by atoms with van der Waals surface area (Å²) >= 11 is 6.47. The molecule has 1 atom stereocenters. The normalized spacial score (nSPS) is 15.2. The molecule has 0 aromatic heterocycles. The summed E-state index contributed by atoms with van der Waals surface area (Å²) < 4.78 is 0. The van der Waals surface area contributed by atoms with Gasteiger partial charge in [-0.3, -0.25) is 14.4 Å². The van der Waals surface area contributed by atoms with Crippen LogP contribution in [0.25, 0.3) is 0 Å². The van der Waals surface area contributed by atoms with Gasteiger partial charge in [0.15, 0.2) is 11.6 Å². The average Bonchev–Trinajstić information content (AvgIpc) is 2.78. The van der Waals surface area contributed by atoms with Gasteiger partial charge < -0.3 is 10.4 Å². The van der Waals surface area contributed by atoms with Crippen LogP contribution in [0, 0.1) is 0 Å². The number of amides is 1. The number of para-hydroxylation sites is 1. The monoisotopic (exact) mass is 451 g/mol. The maximum Gasteiger partial charge on any atom is 0.255 e. The number of carbonyl (C=O) groups is 3. The van der Waals surface area contributed by atoms with Crippen LogP contribution in [-0.4, -0.2) is 29.1 Å². The summed E-state index contributed by atoms with van der Waals surface area (Å²) in [6, 6.07) is 13.6. The highest BCUT2D eigenvalue weighted by atomic mass is 35.5. The van der Waals surface area contributed by atoms with Crippen LogP contribution in [0.1, 0.15) is 55.5 Å². The van der Waals surface area contributed by atoms with Gasteiger partial charge >= 0.3 is 0 Å². The zero-order valence-corrected chi connectivity index (χ0v) is 19.1. The largest absolute Gasteiger partial charge is 0.507 e. The van der Waals surface area contributed by atoms with E-state index in [-0.39, 0.29) is 34.7 Å². The van der Waals surface area contributed by atoms with E-state index in [1.54, 1.807) is 45.0 Å². The highest BCUT2D eigenvalue weighted by molar-refractivity contribution is 6.31. The van der Waals surface area contributed by atoms with Gasteiger partial charge in [-0.15, -0.1) is 0 Å². The molecular weight excluding hydrogens is 426 g/mol. The van der Waals surface area contributed by atoms with Crippen molar-refractivity contribution in [3.63, 3.8) is 0 Å². The summed E-state index contributed by atoms with van der Waals surface area (Å²) in [6.07, 6.45) is 1.07. The first-order valence-electron chi connectivity index (χ1n) is 10.5. The SMILES string of the molecule is CC1=C(C)C(=O)C(C(CCCNC(=O)c2ccccc2O)c2ccccc2Cl)=C(C)C1=O. The quantitative estimate of drug-likeness (QED) is 0.450. The van der Waals surface area contributed by atoms with E-state index < -0.39 is 0 Å². The van der Waals surface area contributed by atoms with Crippen molar-refractivity contribution in [2.75, 3.05) is 6.54 Å². The fraction of sp³-hybridized carbons (Fsp3) is 0.269. The number of phenols is 1. The number of Topliss-reactive ketones (excluding diaryl/α,β-unsaturated/α-hetero) is 2. The molecule has 0 radical (unpaired) electrons. The molecule has 1 aliphatic carbocycles. The van der Waals surface area contributed by atoms with Crippen molar-refractivity contribution >= 4 is 29.1 Å². The van der Waals surface area contributed by atoms with Crippen LogP contribution in [0.4, 0.5) is 0 Å². The molecule has 0 saturated carbocycles. The number of rotatable bonds is 7. The lowest BCUT2D eigenvalue weighted by molar-refractivity contribution is -0.116. The third kappa shape index (κ3) is 4.68. The molecule has 0 fully saturated rings. The molecule has 0 heterocycles. The zero-order valence-electron chi connectivity index (χ0n) is 18.4. The van der Waals surface area contributed by atoms with Gasteiger partial charge in [0, 0.05) is 39.8 Å². The molecule has 0 spiro atoms. The van der Waals surface area contributed by atoms with E-state index in [0.717, 1.165) is 5.56 Å². The van der Waals surface area contributed by atoms with Crippen molar-refractivity contribution in [3.8, 4) is 5.75 Å². The van der Waals surface area contributed by atoms with Gasteiger partial charge in [0.05, 0.1) is 5.56 Å². The molecule has 2 aromatic carbocycles. The van der Waals surface area contributed by atoms with Crippen LogP contribution < -0.4 is 5.32 Å². The van der Waals surface area contributed by atoms with Gasteiger partial charge in [-0.05, 0) is 57.4 Å². The number of benzene rings is 2. The first kappa shape index (κ1) is 23.5. The molecule has 0 saturated heterocycles.